The number of hydrogen-bond acceptors (Lipinski definition) is 5. The monoisotopic (exact) mass is 463 g/mol. The second-order valence-corrected chi connectivity index (χ2v) is 10.1. The molecule has 31 heavy (non-hydrogen) atoms. The van der Waals surface area contributed by atoms with E-state index in [4.69, 9.17) is 4.74 Å². The molecular weight excluding hydrogens is 414 g/mol. The predicted molar refractivity (Wildman–Crippen MR) is 128 cm³/mol. The first-order chi connectivity index (χ1) is 14.8. The molecule has 1 saturated heterocycles. The lowest BCUT2D eigenvalue weighted by molar-refractivity contribution is -0.917. The lowest BCUT2D eigenvalue weighted by Gasteiger charge is -2.37. The van der Waals surface area contributed by atoms with Crippen LogP contribution in [0.1, 0.15) is 96.8 Å². The Labute approximate surface area is 192 Å². The summed E-state index contributed by atoms with van der Waals surface area (Å²) in [5, 5.41) is 0. The van der Waals surface area contributed by atoms with E-state index in [0.717, 1.165) is 20.3 Å². The maximum absolute atomic E-state index is 9.22. The van der Waals surface area contributed by atoms with E-state index in [1.54, 1.807) is 0 Å². The maximum Gasteiger partial charge on any atom is 0.217 e. The summed E-state index contributed by atoms with van der Waals surface area (Å²) in [6.07, 6.45) is 24.4. The van der Waals surface area contributed by atoms with E-state index in [0.29, 0.717) is 0 Å². The summed E-state index contributed by atoms with van der Waals surface area (Å²) in [6, 6.07) is 0. The Hall–Kier alpha value is -0.470. The number of unbranched alkanes of at least 4 members (excludes halogenated alkanes) is 12. The zero-order valence-corrected chi connectivity index (χ0v) is 21.3. The average molecular weight is 464 g/mol. The zero-order chi connectivity index (χ0) is 23.3. The third kappa shape index (κ3) is 22.5. The van der Waals surface area contributed by atoms with Crippen molar-refractivity contribution in [2.24, 2.45) is 0 Å². The van der Waals surface area contributed by atoms with Crippen LogP contribution in [0, 0.1) is 0 Å². The highest BCUT2D eigenvalue weighted by atomic mass is 32.3. The Balaban J connectivity index is 0.00000131. The van der Waals surface area contributed by atoms with Crippen LogP contribution in [0.3, 0.4) is 0 Å². The molecule has 0 aromatic carbocycles. The Morgan fingerprint density at radius 3 is 1.71 bits per heavy atom. The number of hydrogen-bond donors (Lipinski definition) is 0. The van der Waals surface area contributed by atoms with Crippen LogP contribution in [0.5, 0.6) is 0 Å². The molecule has 0 aliphatic carbocycles. The Kier molecular flexibility index (Phi) is 19.9. The van der Waals surface area contributed by atoms with E-state index < -0.39 is 10.4 Å². The molecule has 0 aromatic heterocycles. The van der Waals surface area contributed by atoms with Gasteiger partial charge in [0.1, 0.15) is 13.1 Å². The van der Waals surface area contributed by atoms with Crippen LogP contribution >= 0.6 is 0 Å². The van der Waals surface area contributed by atoms with Crippen molar-refractivity contribution >= 4 is 10.4 Å². The molecular formula is C24H49NO5S. The normalized spacial score (nSPS) is 16.3. The minimum Gasteiger partial charge on any atom is -0.726 e. The fraction of sp³-hybridized carbons (Fsp3) is 0.917. The van der Waals surface area contributed by atoms with Crippen LogP contribution in [0.25, 0.3) is 0 Å². The molecule has 0 aromatic rings. The molecule has 0 saturated carbocycles. The molecule has 186 valence electrons. The number of likely N-dealkylation sites (N-methyl/N-ethyl adjacent to an activating group) is 1. The third-order valence-corrected chi connectivity index (χ3v) is 6.37. The van der Waals surface area contributed by atoms with Gasteiger partial charge < -0.3 is 13.8 Å². The number of quaternary nitrogens is 1. The molecule has 0 amide bonds. The number of morpholine rings is 1. The molecule has 0 atom stereocenters. The van der Waals surface area contributed by atoms with Crippen LogP contribution in [0.4, 0.5) is 0 Å². The van der Waals surface area contributed by atoms with Gasteiger partial charge in [-0.25, -0.2) is 8.42 Å². The van der Waals surface area contributed by atoms with Gasteiger partial charge >= 0.3 is 0 Å². The Bertz CT molecular complexity index is 516. The molecule has 7 heteroatoms. The van der Waals surface area contributed by atoms with Crippen LogP contribution < -0.4 is 0 Å². The quantitative estimate of drug-likeness (QED) is 0.0923. The second kappa shape index (κ2) is 20.2. The summed E-state index contributed by atoms with van der Waals surface area (Å²) in [4.78, 5) is 0. The number of rotatable bonds is 17. The molecule has 1 aliphatic rings. The Morgan fingerprint density at radius 2 is 1.26 bits per heavy atom. The third-order valence-electron chi connectivity index (χ3n) is 5.96. The fourth-order valence-electron chi connectivity index (χ4n) is 3.75. The molecule has 6 nitrogen and oxygen atoms in total. The van der Waals surface area contributed by atoms with Crippen LogP contribution in [-0.2, 0) is 19.3 Å². The van der Waals surface area contributed by atoms with Gasteiger partial charge in [0, 0.05) is 0 Å². The predicted octanol–water partition coefficient (Wildman–Crippen LogP) is 5.59. The molecule has 0 N–H and O–H groups in total. The molecule has 1 fully saturated rings. The van der Waals surface area contributed by atoms with Crippen molar-refractivity contribution in [3.05, 3.63) is 12.2 Å². The van der Waals surface area contributed by atoms with E-state index in [1.165, 1.54) is 114 Å². The van der Waals surface area contributed by atoms with Gasteiger partial charge in [-0.05, 0) is 38.5 Å². The van der Waals surface area contributed by atoms with Crippen molar-refractivity contribution in [1.82, 2.24) is 0 Å². The maximum atomic E-state index is 9.22. The highest BCUT2D eigenvalue weighted by molar-refractivity contribution is 7.80. The molecule has 0 radical (unpaired) electrons. The number of ether oxygens (including phenoxy) is 1. The van der Waals surface area contributed by atoms with E-state index in [1.807, 2.05) is 0 Å². The number of nitrogens with zero attached hydrogens (tertiary/aromatic N) is 1. The van der Waals surface area contributed by atoms with E-state index in [2.05, 4.69) is 30.3 Å². The van der Waals surface area contributed by atoms with Gasteiger partial charge in [-0.3, -0.25) is 4.18 Å². The highest BCUT2D eigenvalue weighted by Crippen LogP contribution is 2.13. The molecule has 1 rings (SSSR count). The SMILES string of the molecule is CCCCCCCCC=CCCCCCCCC[N+]1(C)CCOCC1.COS(=O)(=O)[O-]. The molecule has 0 spiro atoms. The van der Waals surface area contributed by atoms with E-state index >= 15 is 0 Å². The van der Waals surface area contributed by atoms with Crippen molar-refractivity contribution in [3.63, 3.8) is 0 Å². The van der Waals surface area contributed by atoms with Crippen molar-refractivity contribution in [1.29, 1.82) is 0 Å². The largest absolute Gasteiger partial charge is 0.726 e. The lowest BCUT2D eigenvalue weighted by atomic mass is 10.1. The van der Waals surface area contributed by atoms with E-state index in [-0.39, 0.29) is 0 Å². The summed E-state index contributed by atoms with van der Waals surface area (Å²) < 4.78 is 37.7. The van der Waals surface area contributed by atoms with Crippen molar-refractivity contribution in [3.8, 4) is 0 Å². The van der Waals surface area contributed by atoms with Crippen molar-refractivity contribution < 1.29 is 26.4 Å². The van der Waals surface area contributed by atoms with Crippen molar-refractivity contribution in [2.45, 2.75) is 96.8 Å². The van der Waals surface area contributed by atoms with Gasteiger partial charge in [0.05, 0.1) is 33.9 Å². The van der Waals surface area contributed by atoms with Crippen LogP contribution in [-0.4, -0.2) is 64.5 Å². The summed E-state index contributed by atoms with van der Waals surface area (Å²) in [5.41, 5.74) is 0. The fourth-order valence-corrected chi connectivity index (χ4v) is 3.75. The topological polar surface area (TPSA) is 75.7 Å². The lowest BCUT2D eigenvalue weighted by Crippen LogP contribution is -2.52. The first-order valence-electron chi connectivity index (χ1n) is 12.4. The highest BCUT2D eigenvalue weighted by Gasteiger charge is 2.24. The first kappa shape index (κ1) is 30.5. The average Bonchev–Trinajstić information content (AvgIpc) is 2.74. The molecule has 1 heterocycles. The number of allylic oxidation sites excluding steroid dienone is 2. The summed E-state index contributed by atoms with van der Waals surface area (Å²) in [5.74, 6) is 0. The van der Waals surface area contributed by atoms with Gasteiger partial charge in [-0.2, -0.15) is 0 Å². The minimum atomic E-state index is -4.41. The van der Waals surface area contributed by atoms with Gasteiger partial charge in [0.25, 0.3) is 0 Å². The molecule has 0 bridgehead atoms. The van der Waals surface area contributed by atoms with Crippen LogP contribution in [0.15, 0.2) is 12.2 Å². The van der Waals surface area contributed by atoms with Gasteiger partial charge in [-0.15, -0.1) is 0 Å². The smallest absolute Gasteiger partial charge is 0.217 e. The first-order valence-corrected chi connectivity index (χ1v) is 13.7. The zero-order valence-electron chi connectivity index (χ0n) is 20.5. The summed E-state index contributed by atoms with van der Waals surface area (Å²) in [6.45, 7) is 7.99. The van der Waals surface area contributed by atoms with Gasteiger partial charge in [-0.1, -0.05) is 70.4 Å². The summed E-state index contributed by atoms with van der Waals surface area (Å²) >= 11 is 0. The van der Waals surface area contributed by atoms with Crippen molar-refractivity contribution in [2.75, 3.05) is 47.0 Å². The van der Waals surface area contributed by atoms with Crippen LogP contribution in [0.2, 0.25) is 0 Å². The van der Waals surface area contributed by atoms with E-state index in [9.17, 15) is 13.0 Å². The Morgan fingerprint density at radius 1 is 0.839 bits per heavy atom. The molecule has 0 unspecified atom stereocenters. The second-order valence-electron chi connectivity index (χ2n) is 8.92. The van der Waals surface area contributed by atoms with Gasteiger partial charge in [0.2, 0.25) is 10.4 Å². The van der Waals surface area contributed by atoms with Gasteiger partial charge in [0.15, 0.2) is 0 Å². The molecule has 1 aliphatic heterocycles. The minimum absolute atomic E-state index is 0.808. The standard InChI is InChI=1S/C23H46NO.CH4O4S/c1-3-4-5-6-7-8-9-10-11-12-13-14-15-16-17-18-19-24(2)20-22-25-23-21-24;1-5-6(2,3)4/h10-11H,3-9,12-23H2,1-2H3;1H3,(H,2,3,4)/q+1;/p-1. The summed E-state index contributed by atoms with van der Waals surface area (Å²) in [7, 11) is -1.20.